The Morgan fingerprint density at radius 3 is 2.83 bits per heavy atom. The fourth-order valence-corrected chi connectivity index (χ4v) is 1.90. The Hall–Kier alpha value is -1.31. The molecule has 1 aliphatic rings. The molecule has 1 aliphatic carbocycles. The summed E-state index contributed by atoms with van der Waals surface area (Å²) in [5.41, 5.74) is 6.33. The molecule has 0 unspecified atom stereocenters. The molecule has 0 saturated heterocycles. The molecule has 0 atom stereocenters. The van der Waals surface area contributed by atoms with Crippen LogP contribution in [-0.4, -0.2) is 24.5 Å². The van der Waals surface area contributed by atoms with E-state index in [2.05, 4.69) is 27.9 Å². The van der Waals surface area contributed by atoms with Crippen LogP contribution >= 0.6 is 22.6 Å². The number of halogens is 1. The molecule has 18 heavy (non-hydrogen) atoms. The molecule has 6 heteroatoms. The predicted molar refractivity (Wildman–Crippen MR) is 75.0 cm³/mol. The van der Waals surface area contributed by atoms with Crippen molar-refractivity contribution in [3.8, 4) is 0 Å². The van der Waals surface area contributed by atoms with Gasteiger partial charge in [0.1, 0.15) is 0 Å². The Balaban J connectivity index is 1.90. The summed E-state index contributed by atoms with van der Waals surface area (Å²) in [6, 6.07) is 5.34. The molecule has 3 N–H and O–H groups in total. The Kier molecular flexibility index (Phi) is 4.05. The van der Waals surface area contributed by atoms with Crippen LogP contribution in [0.3, 0.4) is 0 Å². The zero-order chi connectivity index (χ0) is 13.1. The van der Waals surface area contributed by atoms with Crippen molar-refractivity contribution < 1.29 is 14.3 Å². The second-order valence-corrected chi connectivity index (χ2v) is 5.40. The monoisotopic (exact) mass is 360 g/mol. The molecule has 2 rings (SSSR count). The lowest BCUT2D eigenvalue weighted by Gasteiger charge is -2.07. The Labute approximate surface area is 118 Å². The first-order valence-electron chi connectivity index (χ1n) is 5.58. The number of hydrogen-bond acceptors (Lipinski definition) is 4. The number of nitrogens with two attached hydrogens (primary N) is 1. The van der Waals surface area contributed by atoms with Gasteiger partial charge in [0.15, 0.2) is 6.61 Å². The van der Waals surface area contributed by atoms with Gasteiger partial charge in [0, 0.05) is 15.3 Å². The van der Waals surface area contributed by atoms with Crippen molar-refractivity contribution in [1.29, 1.82) is 0 Å². The highest BCUT2D eigenvalue weighted by atomic mass is 127. The van der Waals surface area contributed by atoms with Gasteiger partial charge in [-0.3, -0.25) is 4.79 Å². The van der Waals surface area contributed by atoms with Crippen molar-refractivity contribution in [2.24, 2.45) is 0 Å². The van der Waals surface area contributed by atoms with Crippen molar-refractivity contribution in [2.75, 3.05) is 12.3 Å². The van der Waals surface area contributed by atoms with Gasteiger partial charge in [-0.25, -0.2) is 4.79 Å². The normalized spacial score (nSPS) is 14.1. The Bertz CT molecular complexity index is 486. The largest absolute Gasteiger partial charge is 0.452 e. The van der Waals surface area contributed by atoms with Crippen LogP contribution in [-0.2, 0) is 9.53 Å². The number of carbonyl (C=O) groups is 2. The van der Waals surface area contributed by atoms with Crippen molar-refractivity contribution in [2.45, 2.75) is 18.9 Å². The molecule has 0 aliphatic heterocycles. The van der Waals surface area contributed by atoms with E-state index in [4.69, 9.17) is 10.5 Å². The summed E-state index contributed by atoms with van der Waals surface area (Å²) in [6.45, 7) is -0.264. The van der Waals surface area contributed by atoms with Gasteiger partial charge in [-0.1, -0.05) is 0 Å². The summed E-state index contributed by atoms with van der Waals surface area (Å²) >= 11 is 2.08. The molecular weight excluding hydrogens is 347 g/mol. The quantitative estimate of drug-likeness (QED) is 0.482. The van der Waals surface area contributed by atoms with Gasteiger partial charge in [-0.05, 0) is 53.6 Å². The topological polar surface area (TPSA) is 81.4 Å². The van der Waals surface area contributed by atoms with Crippen LogP contribution in [0.15, 0.2) is 18.2 Å². The van der Waals surface area contributed by atoms with E-state index < -0.39 is 5.97 Å². The van der Waals surface area contributed by atoms with Gasteiger partial charge in [0.25, 0.3) is 5.91 Å². The number of rotatable bonds is 4. The maximum absolute atomic E-state index is 11.7. The highest BCUT2D eigenvalue weighted by Gasteiger charge is 2.23. The molecule has 1 saturated carbocycles. The minimum atomic E-state index is -0.572. The van der Waals surface area contributed by atoms with Gasteiger partial charge in [0.05, 0.1) is 5.56 Å². The van der Waals surface area contributed by atoms with E-state index in [0.29, 0.717) is 11.3 Å². The lowest BCUT2D eigenvalue weighted by Crippen LogP contribution is -2.30. The number of amides is 1. The standard InChI is InChI=1S/C12H13IN2O3/c13-7-1-4-10(14)9(5-7)12(17)18-6-11(16)15-8-2-3-8/h1,4-5,8H,2-3,6,14H2,(H,15,16). The first-order chi connectivity index (χ1) is 8.56. The zero-order valence-electron chi connectivity index (χ0n) is 9.61. The molecule has 0 spiro atoms. The lowest BCUT2D eigenvalue weighted by molar-refractivity contribution is -0.124. The van der Waals surface area contributed by atoms with E-state index in [-0.39, 0.29) is 18.6 Å². The van der Waals surface area contributed by atoms with Crippen LogP contribution in [0, 0.1) is 3.57 Å². The van der Waals surface area contributed by atoms with E-state index in [0.717, 1.165) is 16.4 Å². The van der Waals surface area contributed by atoms with E-state index in [9.17, 15) is 9.59 Å². The maximum Gasteiger partial charge on any atom is 0.340 e. The molecular formula is C12H13IN2O3. The number of nitrogens with one attached hydrogen (secondary N) is 1. The second-order valence-electron chi connectivity index (χ2n) is 4.15. The SMILES string of the molecule is Nc1ccc(I)cc1C(=O)OCC(=O)NC1CC1. The number of benzene rings is 1. The molecule has 0 heterocycles. The molecule has 1 aromatic rings. The molecule has 0 aromatic heterocycles. The van der Waals surface area contributed by atoms with Gasteiger partial charge >= 0.3 is 5.97 Å². The molecule has 5 nitrogen and oxygen atoms in total. The maximum atomic E-state index is 11.7. The van der Waals surface area contributed by atoms with Gasteiger partial charge in [-0.2, -0.15) is 0 Å². The fraction of sp³-hybridized carbons (Fsp3) is 0.333. The molecule has 1 aromatic carbocycles. The minimum absolute atomic E-state index is 0.263. The van der Waals surface area contributed by atoms with E-state index >= 15 is 0 Å². The summed E-state index contributed by atoms with van der Waals surface area (Å²) in [5, 5.41) is 2.74. The molecule has 1 fully saturated rings. The third kappa shape index (κ3) is 3.59. The number of ether oxygens (including phenoxy) is 1. The number of esters is 1. The van der Waals surface area contributed by atoms with Crippen LogP contribution in [0.25, 0.3) is 0 Å². The van der Waals surface area contributed by atoms with Crippen LogP contribution in [0.2, 0.25) is 0 Å². The predicted octanol–water partition coefficient (Wildman–Crippen LogP) is 1.31. The van der Waals surface area contributed by atoms with Gasteiger partial charge in [0.2, 0.25) is 0 Å². The van der Waals surface area contributed by atoms with Crippen LogP contribution in [0.5, 0.6) is 0 Å². The third-order valence-corrected chi connectivity index (χ3v) is 3.18. The lowest BCUT2D eigenvalue weighted by atomic mass is 10.2. The van der Waals surface area contributed by atoms with Crippen LogP contribution < -0.4 is 11.1 Å². The summed E-state index contributed by atoms with van der Waals surface area (Å²) in [5.74, 6) is -0.841. The molecule has 1 amide bonds. The summed E-state index contributed by atoms with van der Waals surface area (Å²) < 4.78 is 5.81. The molecule has 96 valence electrons. The number of carbonyl (C=O) groups excluding carboxylic acids is 2. The van der Waals surface area contributed by atoms with Crippen LogP contribution in [0.1, 0.15) is 23.2 Å². The molecule has 0 bridgehead atoms. The van der Waals surface area contributed by atoms with Gasteiger partial charge in [-0.15, -0.1) is 0 Å². The highest BCUT2D eigenvalue weighted by molar-refractivity contribution is 14.1. The van der Waals surface area contributed by atoms with Crippen molar-refractivity contribution in [3.63, 3.8) is 0 Å². The number of hydrogen-bond donors (Lipinski definition) is 2. The first-order valence-corrected chi connectivity index (χ1v) is 6.65. The third-order valence-electron chi connectivity index (χ3n) is 2.51. The van der Waals surface area contributed by atoms with Crippen LogP contribution in [0.4, 0.5) is 5.69 Å². The summed E-state index contributed by atoms with van der Waals surface area (Å²) in [6.07, 6.45) is 2.01. The van der Waals surface area contributed by atoms with E-state index in [1.165, 1.54) is 0 Å². The fourth-order valence-electron chi connectivity index (χ4n) is 1.41. The first kappa shape index (κ1) is 13.1. The Morgan fingerprint density at radius 2 is 2.17 bits per heavy atom. The highest BCUT2D eigenvalue weighted by Crippen LogP contribution is 2.19. The average Bonchev–Trinajstić information content (AvgIpc) is 3.13. The smallest absolute Gasteiger partial charge is 0.340 e. The second kappa shape index (κ2) is 5.55. The minimum Gasteiger partial charge on any atom is -0.452 e. The van der Waals surface area contributed by atoms with E-state index in [1.807, 2.05) is 0 Å². The van der Waals surface area contributed by atoms with Crippen molar-refractivity contribution in [3.05, 3.63) is 27.3 Å². The van der Waals surface area contributed by atoms with E-state index in [1.54, 1.807) is 18.2 Å². The number of anilines is 1. The number of nitrogen functional groups attached to an aromatic ring is 1. The van der Waals surface area contributed by atoms with Crippen molar-refractivity contribution >= 4 is 40.2 Å². The summed E-state index contributed by atoms with van der Waals surface area (Å²) in [7, 11) is 0. The summed E-state index contributed by atoms with van der Waals surface area (Å²) in [4.78, 5) is 23.1. The Morgan fingerprint density at radius 1 is 1.44 bits per heavy atom. The zero-order valence-corrected chi connectivity index (χ0v) is 11.8. The average molecular weight is 360 g/mol. The van der Waals surface area contributed by atoms with Crippen molar-refractivity contribution in [1.82, 2.24) is 5.32 Å². The molecule has 0 radical (unpaired) electrons. The van der Waals surface area contributed by atoms with Gasteiger partial charge < -0.3 is 15.8 Å².